The zero-order valence-electron chi connectivity index (χ0n) is 13.9. The van der Waals surface area contributed by atoms with Gasteiger partial charge in [-0.15, -0.1) is 0 Å². The Labute approximate surface area is 142 Å². The van der Waals surface area contributed by atoms with E-state index in [1.54, 1.807) is 0 Å². The fourth-order valence-corrected chi connectivity index (χ4v) is 2.02. The number of hydrogen-bond acceptors (Lipinski definition) is 5. The molecular formula is C19H22N2O3. The lowest BCUT2D eigenvalue weighted by Gasteiger charge is -2.04. The van der Waals surface area contributed by atoms with Crippen molar-refractivity contribution in [2.24, 2.45) is 10.2 Å². The molecule has 2 aromatic carbocycles. The van der Waals surface area contributed by atoms with E-state index in [9.17, 15) is 0 Å². The second-order valence-electron chi connectivity index (χ2n) is 5.66. The molecule has 1 atom stereocenters. The van der Waals surface area contributed by atoms with Crippen molar-refractivity contribution in [3.63, 3.8) is 0 Å². The number of ether oxygens (including phenoxy) is 3. The minimum Gasteiger partial charge on any atom is -0.494 e. The van der Waals surface area contributed by atoms with Crippen LogP contribution < -0.4 is 9.47 Å². The molecule has 0 N–H and O–H groups in total. The summed E-state index contributed by atoms with van der Waals surface area (Å²) in [5.74, 6) is 1.68. The Hall–Kier alpha value is -2.40. The Morgan fingerprint density at radius 2 is 1.46 bits per heavy atom. The van der Waals surface area contributed by atoms with Crippen LogP contribution in [0.4, 0.5) is 11.4 Å². The van der Waals surface area contributed by atoms with E-state index in [-0.39, 0.29) is 6.10 Å². The summed E-state index contributed by atoms with van der Waals surface area (Å²) < 4.78 is 16.3. The highest BCUT2D eigenvalue weighted by Crippen LogP contribution is 2.23. The maximum Gasteiger partial charge on any atom is 0.119 e. The Bertz CT molecular complexity index is 649. The van der Waals surface area contributed by atoms with Crippen molar-refractivity contribution in [1.82, 2.24) is 0 Å². The number of azo groups is 1. The molecule has 0 saturated carbocycles. The fourth-order valence-electron chi connectivity index (χ4n) is 2.02. The summed E-state index contributed by atoms with van der Waals surface area (Å²) in [6.45, 7) is 4.30. The molecule has 1 saturated heterocycles. The summed E-state index contributed by atoms with van der Waals surface area (Å²) in [6, 6.07) is 15.2. The lowest BCUT2D eigenvalue weighted by Crippen LogP contribution is -2.03. The van der Waals surface area contributed by atoms with Crippen LogP contribution in [0.5, 0.6) is 11.5 Å². The first kappa shape index (κ1) is 16.5. The molecule has 5 nitrogen and oxygen atoms in total. The van der Waals surface area contributed by atoms with Crippen LogP contribution in [0, 0.1) is 0 Å². The second kappa shape index (κ2) is 8.45. The molecule has 24 heavy (non-hydrogen) atoms. The van der Waals surface area contributed by atoms with E-state index in [1.165, 1.54) is 0 Å². The standard InChI is InChI=1S/C19H22N2O3/c1-2-3-12-22-17-8-4-15(5-9-17)20-21-16-6-10-18(11-7-16)23-13-19-14-24-19/h4-11,19H,2-3,12-14H2,1H3. The van der Waals surface area contributed by atoms with Gasteiger partial charge in [-0.1, -0.05) is 13.3 Å². The third-order valence-corrected chi connectivity index (χ3v) is 3.56. The molecule has 1 aliphatic rings. The van der Waals surface area contributed by atoms with Crippen LogP contribution in [0.2, 0.25) is 0 Å². The number of benzene rings is 2. The van der Waals surface area contributed by atoms with Crippen molar-refractivity contribution in [2.75, 3.05) is 19.8 Å². The van der Waals surface area contributed by atoms with E-state index in [1.807, 2.05) is 48.5 Å². The highest BCUT2D eigenvalue weighted by atomic mass is 16.6. The highest BCUT2D eigenvalue weighted by molar-refractivity contribution is 5.44. The molecule has 5 heteroatoms. The third-order valence-electron chi connectivity index (χ3n) is 3.56. The predicted molar refractivity (Wildman–Crippen MR) is 92.7 cm³/mol. The van der Waals surface area contributed by atoms with E-state index >= 15 is 0 Å². The Balaban J connectivity index is 1.50. The van der Waals surface area contributed by atoms with Gasteiger partial charge in [0.1, 0.15) is 24.2 Å². The van der Waals surface area contributed by atoms with Crippen molar-refractivity contribution in [3.05, 3.63) is 48.5 Å². The molecule has 3 rings (SSSR count). The molecule has 2 aromatic rings. The van der Waals surface area contributed by atoms with E-state index < -0.39 is 0 Å². The van der Waals surface area contributed by atoms with Crippen molar-refractivity contribution < 1.29 is 14.2 Å². The van der Waals surface area contributed by atoms with Gasteiger partial charge in [-0.2, -0.15) is 10.2 Å². The van der Waals surface area contributed by atoms with Gasteiger partial charge >= 0.3 is 0 Å². The normalized spacial score (nSPS) is 16.3. The number of hydrogen-bond donors (Lipinski definition) is 0. The van der Waals surface area contributed by atoms with Gasteiger partial charge in [-0.3, -0.25) is 0 Å². The van der Waals surface area contributed by atoms with Gasteiger partial charge in [0, 0.05) is 0 Å². The number of unbranched alkanes of at least 4 members (excludes halogenated alkanes) is 1. The van der Waals surface area contributed by atoms with Crippen LogP contribution in [0.3, 0.4) is 0 Å². The smallest absolute Gasteiger partial charge is 0.119 e. The van der Waals surface area contributed by atoms with Crippen LogP contribution in [0.25, 0.3) is 0 Å². The van der Waals surface area contributed by atoms with Crippen LogP contribution in [0.15, 0.2) is 58.8 Å². The Morgan fingerprint density at radius 1 is 0.917 bits per heavy atom. The molecule has 0 spiro atoms. The number of epoxide rings is 1. The first-order chi connectivity index (χ1) is 11.8. The molecule has 0 amide bonds. The zero-order chi connectivity index (χ0) is 16.6. The van der Waals surface area contributed by atoms with Crippen LogP contribution >= 0.6 is 0 Å². The Kier molecular flexibility index (Phi) is 5.80. The summed E-state index contributed by atoms with van der Waals surface area (Å²) in [4.78, 5) is 0. The largest absolute Gasteiger partial charge is 0.494 e. The number of nitrogens with zero attached hydrogens (tertiary/aromatic N) is 2. The molecular weight excluding hydrogens is 304 g/mol. The molecule has 1 aliphatic heterocycles. The van der Waals surface area contributed by atoms with Gasteiger partial charge in [0.05, 0.1) is 24.6 Å². The van der Waals surface area contributed by atoms with Gasteiger partial charge < -0.3 is 14.2 Å². The fraction of sp³-hybridized carbons (Fsp3) is 0.368. The van der Waals surface area contributed by atoms with E-state index in [0.717, 1.165) is 48.9 Å². The second-order valence-corrected chi connectivity index (χ2v) is 5.66. The van der Waals surface area contributed by atoms with E-state index in [2.05, 4.69) is 17.2 Å². The highest BCUT2D eigenvalue weighted by Gasteiger charge is 2.22. The van der Waals surface area contributed by atoms with E-state index in [0.29, 0.717) is 6.61 Å². The molecule has 0 aromatic heterocycles. The lowest BCUT2D eigenvalue weighted by atomic mass is 10.3. The molecule has 0 aliphatic carbocycles. The quantitative estimate of drug-likeness (QED) is 0.368. The third kappa shape index (κ3) is 5.35. The SMILES string of the molecule is CCCCOc1ccc(N=Nc2ccc(OCC3CO3)cc2)cc1. The van der Waals surface area contributed by atoms with Crippen molar-refractivity contribution in [1.29, 1.82) is 0 Å². The zero-order valence-corrected chi connectivity index (χ0v) is 13.9. The maximum atomic E-state index is 5.63. The molecule has 1 heterocycles. The maximum absolute atomic E-state index is 5.63. The molecule has 126 valence electrons. The van der Waals surface area contributed by atoms with Gasteiger partial charge in [-0.25, -0.2) is 0 Å². The summed E-state index contributed by atoms with van der Waals surface area (Å²) >= 11 is 0. The van der Waals surface area contributed by atoms with Crippen molar-refractivity contribution in [3.8, 4) is 11.5 Å². The summed E-state index contributed by atoms with van der Waals surface area (Å²) in [5.41, 5.74) is 1.58. The van der Waals surface area contributed by atoms with Crippen molar-refractivity contribution in [2.45, 2.75) is 25.9 Å². The summed E-state index contributed by atoms with van der Waals surface area (Å²) in [5, 5.41) is 8.47. The monoisotopic (exact) mass is 326 g/mol. The molecule has 1 fully saturated rings. The molecule has 0 radical (unpaired) electrons. The van der Waals surface area contributed by atoms with Gasteiger partial charge in [0.25, 0.3) is 0 Å². The lowest BCUT2D eigenvalue weighted by molar-refractivity contribution is 0.263. The van der Waals surface area contributed by atoms with Gasteiger partial charge in [0.15, 0.2) is 0 Å². The minimum atomic E-state index is 0.262. The molecule has 1 unspecified atom stereocenters. The topological polar surface area (TPSA) is 55.7 Å². The minimum absolute atomic E-state index is 0.262. The van der Waals surface area contributed by atoms with Crippen molar-refractivity contribution >= 4 is 11.4 Å². The predicted octanol–water partition coefficient (Wildman–Crippen LogP) is 5.06. The first-order valence-corrected chi connectivity index (χ1v) is 8.32. The number of rotatable bonds is 9. The first-order valence-electron chi connectivity index (χ1n) is 8.32. The summed E-state index contributed by atoms with van der Waals surface area (Å²) in [6.07, 6.45) is 2.46. The molecule has 0 bridgehead atoms. The van der Waals surface area contributed by atoms with Gasteiger partial charge in [0.2, 0.25) is 0 Å². The van der Waals surface area contributed by atoms with Gasteiger partial charge in [-0.05, 0) is 55.0 Å². The Morgan fingerprint density at radius 3 is 1.96 bits per heavy atom. The van der Waals surface area contributed by atoms with Crippen LogP contribution in [-0.4, -0.2) is 25.9 Å². The average Bonchev–Trinajstić information content (AvgIpc) is 3.45. The van der Waals surface area contributed by atoms with Crippen LogP contribution in [0.1, 0.15) is 19.8 Å². The summed E-state index contributed by atoms with van der Waals surface area (Å²) in [7, 11) is 0. The van der Waals surface area contributed by atoms with Crippen LogP contribution in [-0.2, 0) is 4.74 Å². The van der Waals surface area contributed by atoms with E-state index in [4.69, 9.17) is 14.2 Å². The average molecular weight is 326 g/mol.